The molecule has 0 bridgehead atoms. The fraction of sp³-hybridized carbons (Fsp3) is 0.385. The molecule has 0 saturated heterocycles. The van der Waals surface area contributed by atoms with E-state index in [1.54, 1.807) is 0 Å². The summed E-state index contributed by atoms with van der Waals surface area (Å²) < 4.78 is 0. The zero-order valence-electron chi connectivity index (χ0n) is 8.53. The van der Waals surface area contributed by atoms with Crippen molar-refractivity contribution in [1.82, 2.24) is 0 Å². The molecule has 0 radical (unpaired) electrons. The summed E-state index contributed by atoms with van der Waals surface area (Å²) >= 11 is 0. The maximum absolute atomic E-state index is 10.0. The van der Waals surface area contributed by atoms with E-state index in [4.69, 9.17) is 0 Å². The van der Waals surface area contributed by atoms with Crippen molar-refractivity contribution in [3.63, 3.8) is 0 Å². The van der Waals surface area contributed by atoms with Crippen molar-refractivity contribution in [3.05, 3.63) is 41.5 Å². The summed E-state index contributed by atoms with van der Waals surface area (Å²) in [6.07, 6.45) is 5.15. The largest absolute Gasteiger partial charge is 0.386 e. The number of aliphatic hydroxyl groups is 1. The van der Waals surface area contributed by atoms with Crippen molar-refractivity contribution in [1.29, 1.82) is 0 Å². The van der Waals surface area contributed by atoms with Gasteiger partial charge in [0.1, 0.15) is 0 Å². The molecule has 0 aliphatic heterocycles. The third-order valence-corrected chi connectivity index (χ3v) is 2.94. The molecule has 0 aromatic heterocycles. The van der Waals surface area contributed by atoms with Crippen LogP contribution in [0.2, 0.25) is 0 Å². The second-order valence-electron chi connectivity index (χ2n) is 4.21. The SMILES string of the molecule is CC1(O)CCC/C1=C/c1ccccc1. The van der Waals surface area contributed by atoms with E-state index in [9.17, 15) is 5.11 Å². The van der Waals surface area contributed by atoms with Crippen LogP contribution in [0.3, 0.4) is 0 Å². The Morgan fingerprint density at radius 2 is 2.00 bits per heavy atom. The number of benzene rings is 1. The lowest BCUT2D eigenvalue weighted by molar-refractivity contribution is 0.107. The molecule has 0 amide bonds. The molecule has 1 saturated carbocycles. The molecular formula is C13H16O. The molecule has 1 fully saturated rings. The van der Waals surface area contributed by atoms with Crippen LogP contribution in [0, 0.1) is 0 Å². The molecule has 1 N–H and O–H groups in total. The Morgan fingerprint density at radius 3 is 2.57 bits per heavy atom. The molecule has 2 rings (SSSR count). The van der Waals surface area contributed by atoms with Crippen molar-refractivity contribution >= 4 is 6.08 Å². The minimum Gasteiger partial charge on any atom is -0.386 e. The van der Waals surface area contributed by atoms with Crippen LogP contribution in [0.25, 0.3) is 6.08 Å². The van der Waals surface area contributed by atoms with Crippen molar-refractivity contribution < 1.29 is 5.11 Å². The predicted octanol–water partition coefficient (Wildman–Crippen LogP) is 3.00. The zero-order valence-corrected chi connectivity index (χ0v) is 8.53. The quantitative estimate of drug-likeness (QED) is 0.718. The average Bonchev–Trinajstić information content (AvgIpc) is 2.48. The van der Waals surface area contributed by atoms with Crippen LogP contribution in [0.15, 0.2) is 35.9 Å². The highest BCUT2D eigenvalue weighted by molar-refractivity contribution is 5.55. The fourth-order valence-corrected chi connectivity index (χ4v) is 2.03. The minimum atomic E-state index is -0.574. The van der Waals surface area contributed by atoms with Crippen molar-refractivity contribution in [3.8, 4) is 0 Å². The van der Waals surface area contributed by atoms with Crippen LogP contribution in [0.5, 0.6) is 0 Å². The van der Waals surface area contributed by atoms with Crippen LogP contribution >= 0.6 is 0 Å². The van der Waals surface area contributed by atoms with Gasteiger partial charge in [0.2, 0.25) is 0 Å². The molecule has 1 unspecified atom stereocenters. The van der Waals surface area contributed by atoms with Crippen LogP contribution in [-0.4, -0.2) is 10.7 Å². The van der Waals surface area contributed by atoms with Gasteiger partial charge in [-0.1, -0.05) is 36.4 Å². The molecule has 14 heavy (non-hydrogen) atoms. The van der Waals surface area contributed by atoms with E-state index in [0.29, 0.717) is 0 Å². The zero-order chi connectivity index (χ0) is 10.0. The molecule has 0 heterocycles. The van der Waals surface area contributed by atoms with Gasteiger partial charge in [-0.15, -0.1) is 0 Å². The van der Waals surface area contributed by atoms with Gasteiger partial charge in [-0.25, -0.2) is 0 Å². The predicted molar refractivity (Wildman–Crippen MR) is 58.9 cm³/mol. The molecule has 1 nitrogen and oxygen atoms in total. The van der Waals surface area contributed by atoms with E-state index in [1.165, 1.54) is 11.1 Å². The Bertz CT molecular complexity index is 336. The summed E-state index contributed by atoms with van der Waals surface area (Å²) in [4.78, 5) is 0. The molecule has 1 aromatic rings. The topological polar surface area (TPSA) is 20.2 Å². The van der Waals surface area contributed by atoms with Crippen LogP contribution in [0.1, 0.15) is 31.7 Å². The molecule has 1 aliphatic carbocycles. The highest BCUT2D eigenvalue weighted by Gasteiger charge is 2.30. The smallest absolute Gasteiger partial charge is 0.0832 e. The van der Waals surface area contributed by atoms with Crippen molar-refractivity contribution in [2.45, 2.75) is 31.8 Å². The molecule has 1 aromatic carbocycles. The van der Waals surface area contributed by atoms with Gasteiger partial charge in [0.05, 0.1) is 5.60 Å². The lowest BCUT2D eigenvalue weighted by Gasteiger charge is -2.18. The normalized spacial score (nSPS) is 29.7. The molecular weight excluding hydrogens is 172 g/mol. The Labute approximate surface area is 85.1 Å². The molecule has 1 atom stereocenters. The van der Waals surface area contributed by atoms with Crippen LogP contribution in [-0.2, 0) is 0 Å². The van der Waals surface area contributed by atoms with Crippen LogP contribution in [0.4, 0.5) is 0 Å². The number of rotatable bonds is 1. The third kappa shape index (κ3) is 1.88. The first-order valence-electron chi connectivity index (χ1n) is 5.17. The minimum absolute atomic E-state index is 0.574. The van der Waals surface area contributed by atoms with Gasteiger partial charge in [-0.05, 0) is 37.3 Å². The van der Waals surface area contributed by atoms with E-state index in [-0.39, 0.29) is 0 Å². The lowest BCUT2D eigenvalue weighted by Crippen LogP contribution is -2.20. The first-order valence-corrected chi connectivity index (χ1v) is 5.17. The summed E-state index contributed by atoms with van der Waals surface area (Å²) in [5.41, 5.74) is 1.78. The second kappa shape index (κ2) is 3.58. The molecule has 1 heteroatoms. The molecule has 1 aliphatic rings. The Hall–Kier alpha value is -1.08. The van der Waals surface area contributed by atoms with E-state index in [2.05, 4.69) is 18.2 Å². The van der Waals surface area contributed by atoms with Crippen molar-refractivity contribution in [2.24, 2.45) is 0 Å². The molecule has 74 valence electrons. The number of hydrogen-bond donors (Lipinski definition) is 1. The highest BCUT2D eigenvalue weighted by Crippen LogP contribution is 2.35. The van der Waals surface area contributed by atoms with Gasteiger partial charge >= 0.3 is 0 Å². The van der Waals surface area contributed by atoms with Gasteiger partial charge in [-0.3, -0.25) is 0 Å². The Morgan fingerprint density at radius 1 is 1.29 bits per heavy atom. The Kier molecular flexibility index (Phi) is 2.42. The monoisotopic (exact) mass is 188 g/mol. The fourth-order valence-electron chi connectivity index (χ4n) is 2.03. The van der Waals surface area contributed by atoms with Gasteiger partial charge in [0.15, 0.2) is 0 Å². The van der Waals surface area contributed by atoms with E-state index in [1.807, 2.05) is 25.1 Å². The maximum atomic E-state index is 10.0. The number of hydrogen-bond acceptors (Lipinski definition) is 1. The summed E-state index contributed by atoms with van der Waals surface area (Å²) in [7, 11) is 0. The van der Waals surface area contributed by atoms with Gasteiger partial charge in [0.25, 0.3) is 0 Å². The lowest BCUT2D eigenvalue weighted by atomic mass is 9.97. The maximum Gasteiger partial charge on any atom is 0.0832 e. The summed E-state index contributed by atoms with van der Waals surface area (Å²) in [5, 5.41) is 10.0. The molecule has 0 spiro atoms. The highest BCUT2D eigenvalue weighted by atomic mass is 16.3. The van der Waals surface area contributed by atoms with Gasteiger partial charge in [0, 0.05) is 0 Å². The van der Waals surface area contributed by atoms with E-state index in [0.717, 1.165) is 19.3 Å². The summed E-state index contributed by atoms with van der Waals surface area (Å²) in [5.74, 6) is 0. The van der Waals surface area contributed by atoms with Gasteiger partial charge < -0.3 is 5.11 Å². The summed E-state index contributed by atoms with van der Waals surface area (Å²) in [6, 6.07) is 10.2. The van der Waals surface area contributed by atoms with Gasteiger partial charge in [-0.2, -0.15) is 0 Å². The second-order valence-corrected chi connectivity index (χ2v) is 4.21. The third-order valence-electron chi connectivity index (χ3n) is 2.94. The van der Waals surface area contributed by atoms with Crippen LogP contribution < -0.4 is 0 Å². The average molecular weight is 188 g/mol. The first kappa shape index (κ1) is 9.47. The van der Waals surface area contributed by atoms with E-state index < -0.39 is 5.60 Å². The summed E-state index contributed by atoms with van der Waals surface area (Å²) in [6.45, 7) is 1.91. The van der Waals surface area contributed by atoms with E-state index >= 15 is 0 Å². The first-order chi connectivity index (χ1) is 6.68. The Balaban J connectivity index is 2.27. The van der Waals surface area contributed by atoms with Crippen molar-refractivity contribution in [2.75, 3.05) is 0 Å². The standard InChI is InChI=1S/C13H16O/c1-13(14)9-5-8-12(13)10-11-6-3-2-4-7-11/h2-4,6-7,10,14H,5,8-9H2,1H3/b12-10-.